The number of carbonyl (C=O) groups is 1. The molecule has 0 spiro atoms. The number of hydrogen-bond acceptors (Lipinski definition) is 3. The first kappa shape index (κ1) is 18.9. The molecule has 0 radical (unpaired) electrons. The van der Waals surface area contributed by atoms with Crippen LogP contribution in [0.25, 0.3) is 0 Å². The number of likely N-dealkylation sites (tertiary alicyclic amines) is 1. The molecule has 2 unspecified atom stereocenters. The summed E-state index contributed by atoms with van der Waals surface area (Å²) in [7, 11) is 0. The van der Waals surface area contributed by atoms with Gasteiger partial charge in [-0.3, -0.25) is 4.79 Å². The Hall–Kier alpha value is -1.90. The smallest absolute Gasteiger partial charge is 0.458 e. The zero-order valence-electron chi connectivity index (χ0n) is 14.1. The first-order chi connectivity index (χ1) is 11.9. The average molecular weight is 379 g/mol. The van der Waals surface area contributed by atoms with E-state index in [4.69, 9.17) is 4.74 Å². The maximum atomic E-state index is 13.8. The standard InChI is InChI=1S/C17H18F5NO3/c1-15(2)14(25)13(23-7-3-4-12(23)24)10-8-9(5-6-11(10)26-15)16(18,19)17(20,21)22/h5-6,8,13-14,25H,3-4,7H2,1-2H3. The lowest BCUT2D eigenvalue weighted by Crippen LogP contribution is -2.54. The number of fused-ring (bicyclic) bond motifs is 1. The van der Waals surface area contributed by atoms with Crippen molar-refractivity contribution in [3.8, 4) is 5.75 Å². The Morgan fingerprint density at radius 1 is 1.23 bits per heavy atom. The summed E-state index contributed by atoms with van der Waals surface area (Å²) in [5.74, 6) is -5.27. The number of aliphatic hydroxyl groups excluding tert-OH is 1. The van der Waals surface area contributed by atoms with Crippen LogP contribution >= 0.6 is 0 Å². The van der Waals surface area contributed by atoms with Gasteiger partial charge in [0.2, 0.25) is 5.91 Å². The second-order valence-electron chi connectivity index (χ2n) is 7.11. The summed E-state index contributed by atoms with van der Waals surface area (Å²) >= 11 is 0. The molecule has 1 amide bonds. The normalized spacial score (nSPS) is 25.8. The van der Waals surface area contributed by atoms with E-state index in [-0.39, 0.29) is 30.2 Å². The summed E-state index contributed by atoms with van der Waals surface area (Å²) in [4.78, 5) is 13.4. The summed E-state index contributed by atoms with van der Waals surface area (Å²) in [5, 5.41) is 10.6. The number of ether oxygens (including phenoxy) is 1. The van der Waals surface area contributed by atoms with Crippen molar-refractivity contribution in [2.24, 2.45) is 0 Å². The molecule has 26 heavy (non-hydrogen) atoms. The molecule has 0 bridgehead atoms. The van der Waals surface area contributed by atoms with Crippen molar-refractivity contribution in [3.05, 3.63) is 29.3 Å². The van der Waals surface area contributed by atoms with Crippen LogP contribution in [0.15, 0.2) is 18.2 Å². The summed E-state index contributed by atoms with van der Waals surface area (Å²) in [6.07, 6.45) is -6.28. The van der Waals surface area contributed by atoms with Gasteiger partial charge >= 0.3 is 12.1 Å². The summed E-state index contributed by atoms with van der Waals surface area (Å²) in [6, 6.07) is 1.32. The van der Waals surface area contributed by atoms with E-state index in [1.807, 2.05) is 0 Å². The van der Waals surface area contributed by atoms with Crippen LogP contribution in [0.3, 0.4) is 0 Å². The van der Waals surface area contributed by atoms with Crippen LogP contribution in [0.2, 0.25) is 0 Å². The lowest BCUT2D eigenvalue weighted by atomic mass is 9.84. The zero-order chi connectivity index (χ0) is 19.5. The van der Waals surface area contributed by atoms with Gasteiger partial charge in [0.15, 0.2) is 0 Å². The first-order valence-corrected chi connectivity index (χ1v) is 8.12. The van der Waals surface area contributed by atoms with Crippen molar-refractivity contribution in [1.82, 2.24) is 4.90 Å². The second kappa shape index (κ2) is 5.80. The van der Waals surface area contributed by atoms with Gasteiger partial charge < -0.3 is 14.7 Å². The molecule has 0 aromatic heterocycles. The number of halogens is 5. The third-order valence-corrected chi connectivity index (χ3v) is 4.88. The molecule has 0 aliphatic carbocycles. The van der Waals surface area contributed by atoms with Gasteiger partial charge in [0, 0.05) is 24.1 Å². The molecule has 3 rings (SSSR count). The van der Waals surface area contributed by atoms with E-state index in [9.17, 15) is 31.9 Å². The van der Waals surface area contributed by atoms with Gasteiger partial charge in [0.25, 0.3) is 0 Å². The molecule has 0 saturated carbocycles. The second-order valence-corrected chi connectivity index (χ2v) is 7.11. The van der Waals surface area contributed by atoms with Gasteiger partial charge in [-0.2, -0.15) is 22.0 Å². The van der Waals surface area contributed by atoms with Crippen molar-refractivity contribution in [3.63, 3.8) is 0 Å². The first-order valence-electron chi connectivity index (χ1n) is 8.12. The highest BCUT2D eigenvalue weighted by atomic mass is 19.4. The van der Waals surface area contributed by atoms with Crippen LogP contribution < -0.4 is 4.74 Å². The van der Waals surface area contributed by atoms with Crippen LogP contribution in [0, 0.1) is 0 Å². The number of benzene rings is 1. The van der Waals surface area contributed by atoms with Crippen molar-refractivity contribution >= 4 is 5.91 Å². The van der Waals surface area contributed by atoms with Gasteiger partial charge in [-0.1, -0.05) is 0 Å². The third-order valence-electron chi connectivity index (χ3n) is 4.88. The van der Waals surface area contributed by atoms with Gasteiger partial charge in [0.1, 0.15) is 17.5 Å². The molecule has 1 N–H and O–H groups in total. The maximum Gasteiger partial charge on any atom is 0.458 e. The SMILES string of the molecule is CC1(C)Oc2ccc(C(F)(F)C(F)(F)F)cc2C(N2CCCC2=O)C1O. The monoisotopic (exact) mass is 379 g/mol. The molecule has 1 saturated heterocycles. The average Bonchev–Trinajstić information content (AvgIpc) is 2.92. The predicted molar refractivity (Wildman–Crippen MR) is 80.8 cm³/mol. The maximum absolute atomic E-state index is 13.8. The molecular weight excluding hydrogens is 361 g/mol. The topological polar surface area (TPSA) is 49.8 Å². The minimum absolute atomic E-state index is 0.0477. The number of aliphatic hydroxyl groups is 1. The Kier molecular flexibility index (Phi) is 4.21. The van der Waals surface area contributed by atoms with Gasteiger partial charge in [-0.25, -0.2) is 0 Å². The van der Waals surface area contributed by atoms with Crippen LogP contribution in [-0.2, 0) is 10.7 Å². The van der Waals surface area contributed by atoms with Gasteiger partial charge in [0.05, 0.1) is 6.04 Å². The van der Waals surface area contributed by atoms with Crippen molar-refractivity contribution < 1.29 is 36.6 Å². The van der Waals surface area contributed by atoms with E-state index in [1.54, 1.807) is 13.8 Å². The molecule has 4 nitrogen and oxygen atoms in total. The summed E-state index contributed by atoms with van der Waals surface area (Å²) in [5.41, 5.74) is -2.45. The lowest BCUT2D eigenvalue weighted by Gasteiger charge is -2.45. The zero-order valence-corrected chi connectivity index (χ0v) is 14.1. The predicted octanol–water partition coefficient (Wildman–Crippen LogP) is 3.54. The van der Waals surface area contributed by atoms with E-state index >= 15 is 0 Å². The highest BCUT2D eigenvalue weighted by Gasteiger charge is 2.59. The largest absolute Gasteiger partial charge is 0.485 e. The van der Waals surface area contributed by atoms with Gasteiger partial charge in [-0.05, 0) is 38.5 Å². The number of alkyl halides is 5. The molecule has 2 aliphatic rings. The van der Waals surface area contributed by atoms with E-state index in [1.165, 1.54) is 4.90 Å². The van der Waals surface area contributed by atoms with E-state index in [2.05, 4.69) is 0 Å². The molecule has 2 heterocycles. The number of carbonyl (C=O) groups excluding carboxylic acids is 1. The number of nitrogens with zero attached hydrogens (tertiary/aromatic N) is 1. The molecule has 2 atom stereocenters. The number of rotatable bonds is 2. The van der Waals surface area contributed by atoms with Crippen molar-refractivity contribution in [2.75, 3.05) is 6.54 Å². The molecule has 1 aromatic carbocycles. The van der Waals surface area contributed by atoms with Crippen LogP contribution in [0.1, 0.15) is 43.9 Å². The van der Waals surface area contributed by atoms with Crippen LogP contribution in [0.4, 0.5) is 22.0 Å². The highest BCUT2D eigenvalue weighted by molar-refractivity contribution is 5.79. The van der Waals surface area contributed by atoms with Crippen LogP contribution in [-0.4, -0.2) is 40.3 Å². The number of amides is 1. The fraction of sp³-hybridized carbons (Fsp3) is 0.588. The van der Waals surface area contributed by atoms with Gasteiger partial charge in [-0.15, -0.1) is 0 Å². The quantitative estimate of drug-likeness (QED) is 0.800. The Balaban J connectivity index is 2.13. The summed E-state index contributed by atoms with van der Waals surface area (Å²) in [6.45, 7) is 3.41. The number of hydrogen-bond donors (Lipinski definition) is 1. The Labute approximate surface area is 146 Å². The Bertz CT molecular complexity index is 732. The van der Waals surface area contributed by atoms with Crippen LogP contribution in [0.5, 0.6) is 5.75 Å². The molecule has 1 aromatic rings. The minimum Gasteiger partial charge on any atom is -0.485 e. The van der Waals surface area contributed by atoms with E-state index in [0.717, 1.165) is 6.07 Å². The summed E-state index contributed by atoms with van der Waals surface area (Å²) < 4.78 is 71.3. The molecule has 2 aliphatic heterocycles. The van der Waals surface area contributed by atoms with E-state index in [0.29, 0.717) is 18.6 Å². The lowest BCUT2D eigenvalue weighted by molar-refractivity contribution is -0.289. The third kappa shape index (κ3) is 2.82. The molecular formula is C17H18F5NO3. The molecule has 144 valence electrons. The fourth-order valence-electron chi connectivity index (χ4n) is 3.43. The molecule has 9 heteroatoms. The van der Waals surface area contributed by atoms with E-state index < -0.39 is 35.4 Å². The minimum atomic E-state index is -5.76. The van der Waals surface area contributed by atoms with Crippen molar-refractivity contribution in [2.45, 2.75) is 56.5 Å². The highest BCUT2D eigenvalue weighted by Crippen LogP contribution is 2.49. The Morgan fingerprint density at radius 3 is 2.42 bits per heavy atom. The Morgan fingerprint density at radius 2 is 1.88 bits per heavy atom. The fourth-order valence-corrected chi connectivity index (χ4v) is 3.43. The van der Waals surface area contributed by atoms with Crippen molar-refractivity contribution in [1.29, 1.82) is 0 Å². The molecule has 1 fully saturated rings.